The Morgan fingerprint density at radius 2 is 2.15 bits per heavy atom. The largest absolute Gasteiger partial charge is 0.481 e. The van der Waals surface area contributed by atoms with Gasteiger partial charge < -0.3 is 10.4 Å². The second-order valence-corrected chi connectivity index (χ2v) is 5.84. The van der Waals surface area contributed by atoms with Crippen LogP contribution in [0.1, 0.15) is 30.6 Å². The summed E-state index contributed by atoms with van der Waals surface area (Å²) in [6.45, 7) is 3.78. The Balaban J connectivity index is 2.14. The monoisotopic (exact) mass is 292 g/mol. The van der Waals surface area contributed by atoms with E-state index in [2.05, 4.69) is 10.3 Å². The van der Waals surface area contributed by atoms with Crippen LogP contribution in [0.4, 0.5) is 0 Å². The number of fused-ring (bicyclic) bond motifs is 1. The molecule has 0 saturated heterocycles. The van der Waals surface area contributed by atoms with Gasteiger partial charge in [-0.1, -0.05) is 13.8 Å². The summed E-state index contributed by atoms with van der Waals surface area (Å²) in [6, 6.07) is 4.90. The number of carbonyl (C=O) groups is 2. The topological polar surface area (TPSA) is 79.3 Å². The maximum atomic E-state index is 12.2. The highest BCUT2D eigenvalue weighted by molar-refractivity contribution is 7.16. The molecule has 1 heterocycles. The van der Waals surface area contributed by atoms with Crippen LogP contribution < -0.4 is 5.32 Å². The van der Waals surface area contributed by atoms with Gasteiger partial charge in [0, 0.05) is 11.6 Å². The van der Waals surface area contributed by atoms with Crippen LogP contribution in [0.5, 0.6) is 0 Å². The maximum absolute atomic E-state index is 12.2. The quantitative estimate of drug-likeness (QED) is 0.887. The molecule has 1 atom stereocenters. The van der Waals surface area contributed by atoms with Crippen LogP contribution in [0.25, 0.3) is 10.2 Å². The van der Waals surface area contributed by atoms with Gasteiger partial charge in [-0.2, -0.15) is 0 Å². The Kier molecular flexibility index (Phi) is 4.34. The molecule has 0 spiro atoms. The zero-order valence-corrected chi connectivity index (χ0v) is 12.1. The van der Waals surface area contributed by atoms with Crippen molar-refractivity contribution in [3.63, 3.8) is 0 Å². The van der Waals surface area contributed by atoms with E-state index < -0.39 is 5.97 Å². The van der Waals surface area contributed by atoms with Gasteiger partial charge in [0.2, 0.25) is 0 Å². The van der Waals surface area contributed by atoms with E-state index >= 15 is 0 Å². The number of carboxylic acid groups (broad SMARTS) is 1. The number of rotatable bonds is 5. The lowest BCUT2D eigenvalue weighted by molar-refractivity contribution is -0.137. The second-order valence-electron chi connectivity index (χ2n) is 4.96. The fourth-order valence-corrected chi connectivity index (χ4v) is 2.61. The molecule has 0 aliphatic rings. The number of aliphatic carboxylic acids is 1. The van der Waals surface area contributed by atoms with Crippen LogP contribution in [0, 0.1) is 5.92 Å². The number of amides is 1. The van der Waals surface area contributed by atoms with Crippen LogP contribution in [0.3, 0.4) is 0 Å². The van der Waals surface area contributed by atoms with Crippen LogP contribution in [-0.4, -0.2) is 28.0 Å². The van der Waals surface area contributed by atoms with Crippen molar-refractivity contribution in [1.29, 1.82) is 0 Å². The first-order valence-corrected chi connectivity index (χ1v) is 7.21. The molecule has 106 valence electrons. The number of hydrogen-bond donors (Lipinski definition) is 2. The summed E-state index contributed by atoms with van der Waals surface area (Å²) in [4.78, 5) is 27.2. The van der Waals surface area contributed by atoms with E-state index in [9.17, 15) is 9.59 Å². The van der Waals surface area contributed by atoms with Crippen LogP contribution in [-0.2, 0) is 4.79 Å². The van der Waals surface area contributed by atoms with E-state index in [0.29, 0.717) is 5.56 Å². The molecule has 2 N–H and O–H groups in total. The van der Waals surface area contributed by atoms with E-state index in [1.54, 1.807) is 23.7 Å². The first kappa shape index (κ1) is 14.5. The number of aromatic nitrogens is 1. The molecular weight excluding hydrogens is 276 g/mol. The molecule has 5 nitrogen and oxygen atoms in total. The van der Waals surface area contributed by atoms with Crippen molar-refractivity contribution in [2.75, 3.05) is 0 Å². The number of nitrogens with zero attached hydrogens (tertiary/aromatic N) is 1. The summed E-state index contributed by atoms with van der Waals surface area (Å²) in [5.74, 6) is -1.11. The van der Waals surface area contributed by atoms with E-state index in [1.807, 2.05) is 13.8 Å². The second kappa shape index (κ2) is 6.00. The molecule has 2 aromatic rings. The van der Waals surface area contributed by atoms with Gasteiger partial charge in [0.05, 0.1) is 22.1 Å². The fraction of sp³-hybridized carbons (Fsp3) is 0.357. The van der Waals surface area contributed by atoms with Crippen molar-refractivity contribution in [2.24, 2.45) is 5.92 Å². The van der Waals surface area contributed by atoms with Gasteiger partial charge >= 0.3 is 5.97 Å². The number of carboxylic acids is 1. The highest BCUT2D eigenvalue weighted by atomic mass is 32.1. The number of thiazole rings is 1. The van der Waals surface area contributed by atoms with Gasteiger partial charge in [0.1, 0.15) is 0 Å². The fourth-order valence-electron chi connectivity index (χ4n) is 1.89. The Morgan fingerprint density at radius 1 is 1.40 bits per heavy atom. The molecule has 1 unspecified atom stereocenters. The average Bonchev–Trinajstić information content (AvgIpc) is 2.84. The smallest absolute Gasteiger partial charge is 0.305 e. The highest BCUT2D eigenvalue weighted by Crippen LogP contribution is 2.19. The average molecular weight is 292 g/mol. The summed E-state index contributed by atoms with van der Waals surface area (Å²) >= 11 is 1.47. The minimum absolute atomic E-state index is 0.0576. The summed E-state index contributed by atoms with van der Waals surface area (Å²) < 4.78 is 0.942. The Hall–Kier alpha value is -1.95. The molecular formula is C14H16N2O3S. The normalized spacial score (nSPS) is 12.6. The zero-order valence-electron chi connectivity index (χ0n) is 11.3. The van der Waals surface area contributed by atoms with Gasteiger partial charge in [-0.05, 0) is 24.1 Å². The highest BCUT2D eigenvalue weighted by Gasteiger charge is 2.20. The molecule has 0 bridgehead atoms. The first-order valence-electron chi connectivity index (χ1n) is 6.33. The zero-order chi connectivity index (χ0) is 14.7. The maximum Gasteiger partial charge on any atom is 0.305 e. The molecule has 6 heteroatoms. The number of carbonyl (C=O) groups excluding carboxylic acids is 1. The van der Waals surface area contributed by atoms with Crippen LogP contribution in [0.2, 0.25) is 0 Å². The van der Waals surface area contributed by atoms with Gasteiger partial charge in [-0.25, -0.2) is 4.98 Å². The van der Waals surface area contributed by atoms with Gasteiger partial charge in [0.25, 0.3) is 5.91 Å². The standard InChI is InChI=1S/C14H16N2O3S/c1-8(2)11(6-13(17)18)16-14(19)9-3-4-10-12(5-9)20-7-15-10/h3-5,7-8,11H,6H2,1-2H3,(H,16,19)(H,17,18). The predicted octanol–water partition coefficient (Wildman–Crippen LogP) is 2.53. The predicted molar refractivity (Wildman–Crippen MR) is 78.0 cm³/mol. The summed E-state index contributed by atoms with van der Waals surface area (Å²) in [5.41, 5.74) is 3.11. The van der Waals surface area contributed by atoms with E-state index in [4.69, 9.17) is 5.11 Å². The third kappa shape index (κ3) is 3.33. The minimum Gasteiger partial charge on any atom is -0.481 e. The molecule has 0 aliphatic carbocycles. The minimum atomic E-state index is -0.915. The van der Waals surface area contributed by atoms with Crippen molar-refractivity contribution in [3.05, 3.63) is 29.3 Å². The Labute approximate surface area is 120 Å². The third-order valence-electron chi connectivity index (χ3n) is 3.11. The molecule has 0 saturated carbocycles. The molecule has 20 heavy (non-hydrogen) atoms. The number of benzene rings is 1. The molecule has 0 radical (unpaired) electrons. The van der Waals surface area contributed by atoms with Crippen LogP contribution in [0.15, 0.2) is 23.7 Å². The van der Waals surface area contributed by atoms with Crippen molar-refractivity contribution in [2.45, 2.75) is 26.3 Å². The van der Waals surface area contributed by atoms with Crippen LogP contribution >= 0.6 is 11.3 Å². The molecule has 1 aromatic carbocycles. The Bertz CT molecular complexity index is 636. The van der Waals surface area contributed by atoms with Crippen molar-refractivity contribution >= 4 is 33.4 Å². The first-order chi connectivity index (χ1) is 9.47. The van der Waals surface area contributed by atoms with Gasteiger partial charge in [-0.15, -0.1) is 11.3 Å². The molecule has 2 rings (SSSR count). The van der Waals surface area contributed by atoms with Crippen molar-refractivity contribution in [1.82, 2.24) is 10.3 Å². The van der Waals surface area contributed by atoms with E-state index in [-0.39, 0.29) is 24.3 Å². The summed E-state index contributed by atoms with van der Waals surface area (Å²) in [7, 11) is 0. The lowest BCUT2D eigenvalue weighted by atomic mass is 10.0. The lowest BCUT2D eigenvalue weighted by Gasteiger charge is -2.20. The molecule has 1 amide bonds. The molecule has 1 aromatic heterocycles. The van der Waals surface area contributed by atoms with Gasteiger partial charge in [-0.3, -0.25) is 9.59 Å². The third-order valence-corrected chi connectivity index (χ3v) is 3.90. The van der Waals surface area contributed by atoms with E-state index in [0.717, 1.165) is 10.2 Å². The molecule has 0 fully saturated rings. The number of hydrogen-bond acceptors (Lipinski definition) is 4. The SMILES string of the molecule is CC(C)C(CC(=O)O)NC(=O)c1ccc2ncsc2c1. The van der Waals surface area contributed by atoms with Gasteiger partial charge in [0.15, 0.2) is 0 Å². The van der Waals surface area contributed by atoms with Crippen molar-refractivity contribution in [3.8, 4) is 0 Å². The van der Waals surface area contributed by atoms with E-state index in [1.165, 1.54) is 11.3 Å². The Morgan fingerprint density at radius 3 is 2.80 bits per heavy atom. The summed E-state index contributed by atoms with van der Waals surface area (Å²) in [6.07, 6.45) is -0.0772. The number of nitrogens with one attached hydrogen (secondary N) is 1. The summed E-state index contributed by atoms with van der Waals surface area (Å²) in [5, 5.41) is 11.7. The molecule has 0 aliphatic heterocycles. The lowest BCUT2D eigenvalue weighted by Crippen LogP contribution is -2.40. The van der Waals surface area contributed by atoms with Crippen molar-refractivity contribution < 1.29 is 14.7 Å².